The maximum Gasteiger partial charge on any atom is 0.124 e. The molecule has 1 atom stereocenters. The standard InChI is InChI=1S/C16H19BrN2OS/c1-3-20-15-7-5-4-6-13(15)14(18-2)11-21-16-9-8-12(17)10-19-16/h4-10,14,18H,3,11H2,1-2H3. The molecule has 1 aromatic heterocycles. The topological polar surface area (TPSA) is 34.1 Å². The Morgan fingerprint density at radius 2 is 2.10 bits per heavy atom. The summed E-state index contributed by atoms with van der Waals surface area (Å²) in [4.78, 5) is 4.39. The molecule has 0 aliphatic rings. The summed E-state index contributed by atoms with van der Waals surface area (Å²) in [5, 5.41) is 4.38. The molecule has 0 amide bonds. The highest BCUT2D eigenvalue weighted by atomic mass is 79.9. The van der Waals surface area contributed by atoms with Gasteiger partial charge in [-0.1, -0.05) is 18.2 Å². The number of halogens is 1. The molecule has 0 aliphatic carbocycles. The Bertz CT molecular complexity index is 562. The molecule has 2 aromatic rings. The van der Waals surface area contributed by atoms with Gasteiger partial charge in [-0.15, -0.1) is 11.8 Å². The number of rotatable bonds is 7. The SMILES string of the molecule is CCOc1ccccc1C(CSc1ccc(Br)cn1)NC. The van der Waals surface area contributed by atoms with E-state index < -0.39 is 0 Å². The van der Waals surface area contributed by atoms with Crippen molar-refractivity contribution in [2.24, 2.45) is 0 Å². The van der Waals surface area contributed by atoms with E-state index in [4.69, 9.17) is 4.74 Å². The van der Waals surface area contributed by atoms with E-state index in [1.165, 1.54) is 5.56 Å². The van der Waals surface area contributed by atoms with Crippen molar-refractivity contribution in [2.45, 2.75) is 18.0 Å². The lowest BCUT2D eigenvalue weighted by atomic mass is 10.1. The Kier molecular flexibility index (Phi) is 6.54. The second kappa shape index (κ2) is 8.41. The molecule has 0 spiro atoms. The fourth-order valence-corrected chi connectivity index (χ4v) is 3.21. The number of para-hydroxylation sites is 1. The predicted molar refractivity (Wildman–Crippen MR) is 92.1 cm³/mol. The quantitative estimate of drug-likeness (QED) is 0.740. The molecule has 3 nitrogen and oxygen atoms in total. The first-order valence-corrected chi connectivity index (χ1v) is 8.65. The summed E-state index contributed by atoms with van der Waals surface area (Å²) in [7, 11) is 1.98. The fourth-order valence-electron chi connectivity index (χ4n) is 2.00. The number of hydrogen-bond acceptors (Lipinski definition) is 4. The third kappa shape index (κ3) is 4.73. The highest BCUT2D eigenvalue weighted by Gasteiger charge is 2.14. The van der Waals surface area contributed by atoms with Gasteiger partial charge >= 0.3 is 0 Å². The van der Waals surface area contributed by atoms with Crippen LogP contribution in [0.25, 0.3) is 0 Å². The minimum atomic E-state index is 0.225. The predicted octanol–water partition coefficient (Wildman–Crippen LogP) is 4.30. The van der Waals surface area contributed by atoms with Crippen LogP contribution in [-0.2, 0) is 0 Å². The number of nitrogens with one attached hydrogen (secondary N) is 1. The molecular formula is C16H19BrN2OS. The number of hydrogen-bond donors (Lipinski definition) is 1. The molecule has 1 unspecified atom stereocenters. The minimum absolute atomic E-state index is 0.225. The van der Waals surface area contributed by atoms with Gasteiger partial charge in [-0.2, -0.15) is 0 Å². The molecule has 1 heterocycles. The van der Waals surface area contributed by atoms with E-state index in [9.17, 15) is 0 Å². The monoisotopic (exact) mass is 366 g/mol. The molecule has 21 heavy (non-hydrogen) atoms. The Morgan fingerprint density at radius 3 is 2.76 bits per heavy atom. The van der Waals surface area contributed by atoms with Gasteiger partial charge in [-0.3, -0.25) is 0 Å². The summed E-state index contributed by atoms with van der Waals surface area (Å²) in [5.41, 5.74) is 1.19. The highest BCUT2D eigenvalue weighted by Crippen LogP contribution is 2.29. The van der Waals surface area contributed by atoms with Gasteiger partial charge < -0.3 is 10.1 Å². The Hall–Kier alpha value is -1.04. The van der Waals surface area contributed by atoms with E-state index in [2.05, 4.69) is 32.3 Å². The molecule has 1 aromatic carbocycles. The maximum absolute atomic E-state index is 5.72. The van der Waals surface area contributed by atoms with Gasteiger partial charge in [0.1, 0.15) is 5.75 Å². The Balaban J connectivity index is 2.07. The first-order chi connectivity index (χ1) is 10.2. The molecule has 2 rings (SSSR count). The van der Waals surface area contributed by atoms with Gasteiger partial charge in [0.25, 0.3) is 0 Å². The van der Waals surface area contributed by atoms with Crippen molar-refractivity contribution in [1.82, 2.24) is 10.3 Å². The van der Waals surface area contributed by atoms with E-state index in [0.717, 1.165) is 21.0 Å². The van der Waals surface area contributed by atoms with Crippen molar-refractivity contribution in [2.75, 3.05) is 19.4 Å². The Labute approximate surface area is 138 Å². The van der Waals surface area contributed by atoms with Crippen LogP contribution in [0.3, 0.4) is 0 Å². The number of benzene rings is 1. The first-order valence-electron chi connectivity index (χ1n) is 6.88. The normalized spacial score (nSPS) is 12.1. The first kappa shape index (κ1) is 16.3. The second-order valence-electron chi connectivity index (χ2n) is 4.44. The molecule has 0 saturated heterocycles. The van der Waals surface area contributed by atoms with Crippen molar-refractivity contribution in [3.8, 4) is 5.75 Å². The highest BCUT2D eigenvalue weighted by molar-refractivity contribution is 9.10. The van der Waals surface area contributed by atoms with E-state index >= 15 is 0 Å². The van der Waals surface area contributed by atoms with E-state index in [0.29, 0.717) is 6.61 Å². The average Bonchev–Trinajstić information content (AvgIpc) is 2.51. The van der Waals surface area contributed by atoms with Gasteiger partial charge in [0.2, 0.25) is 0 Å². The van der Waals surface area contributed by atoms with Crippen LogP contribution in [0.5, 0.6) is 5.75 Å². The van der Waals surface area contributed by atoms with Gasteiger partial charge in [0.05, 0.1) is 11.6 Å². The van der Waals surface area contributed by atoms with Gasteiger partial charge in [0.15, 0.2) is 0 Å². The van der Waals surface area contributed by atoms with Crippen molar-refractivity contribution in [1.29, 1.82) is 0 Å². The van der Waals surface area contributed by atoms with Crippen LogP contribution in [0.2, 0.25) is 0 Å². The van der Waals surface area contributed by atoms with Gasteiger partial charge in [-0.25, -0.2) is 4.98 Å². The molecule has 0 saturated carbocycles. The lowest BCUT2D eigenvalue weighted by Gasteiger charge is -2.19. The molecule has 0 bridgehead atoms. The molecule has 0 aliphatic heterocycles. The van der Waals surface area contributed by atoms with Crippen LogP contribution in [0, 0.1) is 0 Å². The van der Waals surface area contributed by atoms with Crippen LogP contribution >= 0.6 is 27.7 Å². The van der Waals surface area contributed by atoms with Crippen LogP contribution in [0.15, 0.2) is 52.1 Å². The molecule has 1 N–H and O–H groups in total. The van der Waals surface area contributed by atoms with Crippen molar-refractivity contribution in [3.63, 3.8) is 0 Å². The second-order valence-corrected chi connectivity index (χ2v) is 6.39. The largest absolute Gasteiger partial charge is 0.494 e. The lowest BCUT2D eigenvalue weighted by molar-refractivity contribution is 0.333. The van der Waals surface area contributed by atoms with Crippen molar-refractivity contribution >= 4 is 27.7 Å². The van der Waals surface area contributed by atoms with Crippen LogP contribution < -0.4 is 10.1 Å². The fraction of sp³-hybridized carbons (Fsp3) is 0.312. The third-order valence-electron chi connectivity index (χ3n) is 3.04. The third-order valence-corrected chi connectivity index (χ3v) is 4.55. The lowest BCUT2D eigenvalue weighted by Crippen LogP contribution is -2.19. The van der Waals surface area contributed by atoms with E-state index in [1.54, 1.807) is 11.8 Å². The van der Waals surface area contributed by atoms with Crippen molar-refractivity contribution < 1.29 is 4.74 Å². The Morgan fingerprint density at radius 1 is 1.29 bits per heavy atom. The van der Waals surface area contributed by atoms with Gasteiger partial charge in [-0.05, 0) is 48.1 Å². The minimum Gasteiger partial charge on any atom is -0.494 e. The summed E-state index contributed by atoms with van der Waals surface area (Å²) < 4.78 is 6.72. The van der Waals surface area contributed by atoms with Crippen molar-refractivity contribution in [3.05, 3.63) is 52.6 Å². The van der Waals surface area contributed by atoms with Gasteiger partial charge in [0, 0.05) is 28.0 Å². The van der Waals surface area contributed by atoms with E-state index in [-0.39, 0.29) is 6.04 Å². The maximum atomic E-state index is 5.72. The summed E-state index contributed by atoms with van der Waals surface area (Å²) >= 11 is 5.14. The molecule has 112 valence electrons. The smallest absolute Gasteiger partial charge is 0.124 e. The molecular weight excluding hydrogens is 348 g/mol. The summed E-state index contributed by atoms with van der Waals surface area (Å²) in [5.74, 6) is 1.85. The number of pyridine rings is 1. The summed E-state index contributed by atoms with van der Waals surface area (Å²) in [6, 6.07) is 12.4. The zero-order valence-corrected chi connectivity index (χ0v) is 14.6. The van der Waals surface area contributed by atoms with E-state index in [1.807, 2.05) is 50.5 Å². The summed E-state index contributed by atoms with van der Waals surface area (Å²) in [6.07, 6.45) is 1.82. The van der Waals surface area contributed by atoms with Crippen LogP contribution in [0.1, 0.15) is 18.5 Å². The number of thioether (sulfide) groups is 1. The average molecular weight is 367 g/mol. The summed E-state index contributed by atoms with van der Waals surface area (Å²) in [6.45, 7) is 2.68. The van der Waals surface area contributed by atoms with Crippen LogP contribution in [-0.4, -0.2) is 24.4 Å². The number of ether oxygens (including phenoxy) is 1. The zero-order valence-electron chi connectivity index (χ0n) is 12.2. The molecule has 5 heteroatoms. The molecule has 0 radical (unpaired) electrons. The molecule has 0 fully saturated rings. The number of aromatic nitrogens is 1. The zero-order chi connectivity index (χ0) is 15.1. The number of nitrogens with zero attached hydrogens (tertiary/aromatic N) is 1. The van der Waals surface area contributed by atoms with Crippen LogP contribution in [0.4, 0.5) is 0 Å².